The zero-order chi connectivity index (χ0) is 15.5. The van der Waals surface area contributed by atoms with E-state index in [9.17, 15) is 14.2 Å². The van der Waals surface area contributed by atoms with Crippen LogP contribution in [0.3, 0.4) is 0 Å². The van der Waals surface area contributed by atoms with Crippen molar-refractivity contribution in [3.8, 4) is 0 Å². The SMILES string of the molecule is NN1CCCC(N)([P+](=O)NC(=O)Nc2ccccc2)C1=O. The van der Waals surface area contributed by atoms with Crippen LogP contribution in [0.25, 0.3) is 0 Å². The smallest absolute Gasteiger partial charge is 0.305 e. The summed E-state index contributed by atoms with van der Waals surface area (Å²) in [5.41, 5.74) is 6.42. The van der Waals surface area contributed by atoms with E-state index < -0.39 is 25.2 Å². The van der Waals surface area contributed by atoms with Gasteiger partial charge in [-0.25, -0.2) is 10.6 Å². The molecule has 3 amide bonds. The normalized spacial score (nSPS) is 22.7. The highest BCUT2D eigenvalue weighted by Crippen LogP contribution is 2.38. The molecular formula is C12H17N5O3P+. The fraction of sp³-hybridized carbons (Fsp3) is 0.333. The molecule has 112 valence electrons. The van der Waals surface area contributed by atoms with Crippen LogP contribution in [0.1, 0.15) is 12.8 Å². The summed E-state index contributed by atoms with van der Waals surface area (Å²) in [5, 5.41) is 4.01. The second kappa shape index (κ2) is 6.17. The van der Waals surface area contributed by atoms with Crippen LogP contribution in [-0.2, 0) is 9.36 Å². The molecule has 1 aliphatic rings. The van der Waals surface area contributed by atoms with E-state index in [2.05, 4.69) is 10.4 Å². The standard InChI is InChI=1S/C12H16N5O3P/c13-12(7-4-8-17(14)10(12)18)21(20)16-11(19)15-9-5-2-1-3-6-9/h1-3,5-6H,4,7-8,13-14H2,(H-,15,16,19,20)/p+1. The van der Waals surface area contributed by atoms with E-state index in [1.807, 2.05) is 0 Å². The minimum Gasteiger partial charge on any atom is -0.305 e. The number of hydrazine groups is 1. The third kappa shape index (κ3) is 3.36. The van der Waals surface area contributed by atoms with Crippen molar-refractivity contribution in [3.63, 3.8) is 0 Å². The molecule has 0 saturated carbocycles. The van der Waals surface area contributed by atoms with E-state index in [-0.39, 0.29) is 6.42 Å². The number of nitrogens with two attached hydrogens (primary N) is 2. The van der Waals surface area contributed by atoms with Gasteiger partial charge in [0, 0.05) is 18.7 Å². The Morgan fingerprint density at radius 2 is 2.00 bits per heavy atom. The van der Waals surface area contributed by atoms with Crippen LogP contribution in [0, 0.1) is 0 Å². The summed E-state index contributed by atoms with van der Waals surface area (Å²) < 4.78 is 12.2. The summed E-state index contributed by atoms with van der Waals surface area (Å²) in [6.45, 7) is 0.358. The van der Waals surface area contributed by atoms with Crippen molar-refractivity contribution in [2.24, 2.45) is 11.6 Å². The van der Waals surface area contributed by atoms with Gasteiger partial charge in [0.15, 0.2) is 0 Å². The number of nitrogens with zero attached hydrogens (tertiary/aromatic N) is 1. The zero-order valence-corrected chi connectivity index (χ0v) is 12.2. The van der Waals surface area contributed by atoms with Gasteiger partial charge in [0.1, 0.15) is 0 Å². The fourth-order valence-corrected chi connectivity index (χ4v) is 3.14. The molecule has 0 spiro atoms. The number of urea groups is 1. The first-order valence-corrected chi connectivity index (χ1v) is 7.65. The number of benzene rings is 1. The molecular weight excluding hydrogens is 293 g/mol. The monoisotopic (exact) mass is 310 g/mol. The fourth-order valence-electron chi connectivity index (χ4n) is 2.04. The average molecular weight is 310 g/mol. The van der Waals surface area contributed by atoms with Crippen LogP contribution in [0.2, 0.25) is 0 Å². The molecule has 0 bridgehead atoms. The van der Waals surface area contributed by atoms with E-state index in [1.165, 1.54) is 0 Å². The first kappa shape index (κ1) is 15.4. The molecule has 1 aromatic carbocycles. The van der Waals surface area contributed by atoms with Crippen molar-refractivity contribution in [3.05, 3.63) is 30.3 Å². The molecule has 2 atom stereocenters. The number of hydrogen-bond acceptors (Lipinski definition) is 5. The maximum atomic E-state index is 12.2. The van der Waals surface area contributed by atoms with Crippen LogP contribution in [0.5, 0.6) is 0 Å². The maximum Gasteiger partial charge on any atom is 0.496 e. The third-order valence-corrected chi connectivity index (χ3v) is 4.73. The summed E-state index contributed by atoms with van der Waals surface area (Å²) in [7, 11) is -2.49. The molecule has 1 aliphatic heterocycles. The Morgan fingerprint density at radius 3 is 2.67 bits per heavy atom. The van der Waals surface area contributed by atoms with Crippen molar-refractivity contribution in [2.75, 3.05) is 11.9 Å². The Labute approximate surface area is 122 Å². The minimum atomic E-state index is -2.49. The van der Waals surface area contributed by atoms with Crippen LogP contribution >= 0.6 is 7.95 Å². The van der Waals surface area contributed by atoms with Crippen molar-refractivity contribution >= 4 is 25.6 Å². The Kier molecular flexibility index (Phi) is 4.52. The summed E-state index contributed by atoms with van der Waals surface area (Å²) in [4.78, 5) is 23.7. The number of rotatable bonds is 3. The van der Waals surface area contributed by atoms with Crippen LogP contribution in [0.15, 0.2) is 30.3 Å². The largest absolute Gasteiger partial charge is 0.496 e. The number of amides is 3. The van der Waals surface area contributed by atoms with Gasteiger partial charge in [-0.2, -0.15) is 0 Å². The van der Waals surface area contributed by atoms with Gasteiger partial charge in [0.2, 0.25) is 0 Å². The number of nitrogens with one attached hydrogen (secondary N) is 2. The van der Waals surface area contributed by atoms with E-state index in [1.54, 1.807) is 30.3 Å². The van der Waals surface area contributed by atoms with Crippen molar-refractivity contribution in [1.82, 2.24) is 10.1 Å². The van der Waals surface area contributed by atoms with Gasteiger partial charge in [0.05, 0.1) is 0 Å². The second-order valence-electron chi connectivity index (χ2n) is 4.75. The highest BCUT2D eigenvalue weighted by atomic mass is 31.1. The first-order chi connectivity index (χ1) is 9.93. The summed E-state index contributed by atoms with van der Waals surface area (Å²) in [6, 6.07) is 7.97. The molecule has 9 heteroatoms. The van der Waals surface area contributed by atoms with Crippen LogP contribution in [-0.4, -0.2) is 28.8 Å². The molecule has 2 rings (SSSR count). The predicted molar refractivity (Wildman–Crippen MR) is 78.3 cm³/mol. The van der Waals surface area contributed by atoms with Gasteiger partial charge in [-0.1, -0.05) is 18.2 Å². The van der Waals surface area contributed by atoms with Gasteiger partial charge in [-0.15, -0.1) is 5.09 Å². The maximum absolute atomic E-state index is 12.2. The lowest BCUT2D eigenvalue weighted by Crippen LogP contribution is -2.60. The molecule has 0 aromatic heterocycles. The minimum absolute atomic E-state index is 0.209. The molecule has 1 saturated heterocycles. The molecule has 1 heterocycles. The predicted octanol–water partition coefficient (Wildman–Crippen LogP) is 0.702. The van der Waals surface area contributed by atoms with Crippen molar-refractivity contribution < 1.29 is 14.2 Å². The van der Waals surface area contributed by atoms with Gasteiger partial charge in [0.25, 0.3) is 0 Å². The van der Waals surface area contributed by atoms with E-state index in [4.69, 9.17) is 11.6 Å². The van der Waals surface area contributed by atoms with E-state index in [0.717, 1.165) is 5.01 Å². The molecule has 8 nitrogen and oxygen atoms in total. The Morgan fingerprint density at radius 1 is 1.33 bits per heavy atom. The first-order valence-electron chi connectivity index (χ1n) is 6.39. The van der Waals surface area contributed by atoms with Crippen LogP contribution < -0.4 is 22.0 Å². The zero-order valence-electron chi connectivity index (χ0n) is 11.3. The van der Waals surface area contributed by atoms with Crippen LogP contribution in [0.4, 0.5) is 10.5 Å². The quantitative estimate of drug-likeness (QED) is 0.371. The highest BCUT2D eigenvalue weighted by Gasteiger charge is 2.57. The number of para-hydroxylation sites is 1. The van der Waals surface area contributed by atoms with Gasteiger partial charge < -0.3 is 5.32 Å². The summed E-state index contributed by atoms with van der Waals surface area (Å²) in [5.74, 6) is 4.86. The number of carbonyl (C=O) groups is 2. The van der Waals surface area contributed by atoms with Crippen molar-refractivity contribution in [1.29, 1.82) is 0 Å². The van der Waals surface area contributed by atoms with Gasteiger partial charge in [-0.3, -0.25) is 15.5 Å². The second-order valence-corrected chi connectivity index (χ2v) is 6.36. The number of hydrogen-bond donors (Lipinski definition) is 4. The van der Waals surface area contributed by atoms with E-state index in [0.29, 0.717) is 18.7 Å². The van der Waals surface area contributed by atoms with Gasteiger partial charge in [-0.05, 0) is 23.1 Å². The van der Waals surface area contributed by atoms with Gasteiger partial charge >= 0.3 is 25.2 Å². The molecule has 6 N–H and O–H groups in total. The molecule has 0 aliphatic carbocycles. The van der Waals surface area contributed by atoms with Crippen molar-refractivity contribution in [2.45, 2.75) is 18.1 Å². The average Bonchev–Trinajstić information content (AvgIpc) is 2.45. The molecule has 2 unspecified atom stereocenters. The third-order valence-electron chi connectivity index (χ3n) is 3.19. The highest BCUT2D eigenvalue weighted by molar-refractivity contribution is 7.46. The molecule has 1 fully saturated rings. The Balaban J connectivity index is 2.00. The topological polar surface area (TPSA) is 131 Å². The van der Waals surface area contributed by atoms with E-state index >= 15 is 0 Å². The lowest BCUT2D eigenvalue weighted by molar-refractivity contribution is -0.136. The lowest BCUT2D eigenvalue weighted by atomic mass is 10.1. The number of anilines is 1. The summed E-state index contributed by atoms with van der Waals surface area (Å²) >= 11 is 0. The summed E-state index contributed by atoms with van der Waals surface area (Å²) in [6.07, 6.45) is 0.738. The Bertz CT molecular complexity index is 567. The Hall–Kier alpha value is -2.02. The molecule has 1 aromatic rings. The number of carbonyl (C=O) groups excluding carboxylic acids is 2. The number of piperidine rings is 1. The lowest BCUT2D eigenvalue weighted by Gasteiger charge is -2.28. The molecule has 0 radical (unpaired) electrons. The molecule has 21 heavy (non-hydrogen) atoms.